The first-order chi connectivity index (χ1) is 9.06. The van der Waals surface area contributed by atoms with Crippen LogP contribution in [0.5, 0.6) is 11.5 Å². The van der Waals surface area contributed by atoms with Crippen LogP contribution in [-0.2, 0) is 6.54 Å². The molecular formula is C14H14N2O3. The Labute approximate surface area is 110 Å². The van der Waals surface area contributed by atoms with Crippen LogP contribution in [0, 0.1) is 0 Å². The summed E-state index contributed by atoms with van der Waals surface area (Å²) in [6.07, 6.45) is 2.69. The molecule has 0 unspecified atom stereocenters. The summed E-state index contributed by atoms with van der Waals surface area (Å²) in [7, 11) is 1.67. The van der Waals surface area contributed by atoms with E-state index < -0.39 is 0 Å². The van der Waals surface area contributed by atoms with E-state index in [1.165, 1.54) is 23.4 Å². The van der Waals surface area contributed by atoms with Gasteiger partial charge in [0.25, 0.3) is 5.91 Å². The molecule has 0 fully saturated rings. The van der Waals surface area contributed by atoms with Gasteiger partial charge < -0.3 is 15.1 Å². The van der Waals surface area contributed by atoms with Gasteiger partial charge in [0.1, 0.15) is 11.5 Å². The number of rotatable bonds is 3. The average molecular weight is 258 g/mol. The van der Waals surface area contributed by atoms with Gasteiger partial charge in [0.05, 0.1) is 11.8 Å². The van der Waals surface area contributed by atoms with Gasteiger partial charge in [-0.2, -0.15) is 0 Å². The molecule has 1 aromatic carbocycles. The summed E-state index contributed by atoms with van der Waals surface area (Å²) in [5.41, 5.74) is 1.24. The molecule has 0 saturated heterocycles. The van der Waals surface area contributed by atoms with Crippen molar-refractivity contribution in [3.05, 3.63) is 53.9 Å². The third-order valence-electron chi connectivity index (χ3n) is 2.67. The largest absolute Gasteiger partial charge is 0.508 e. The fourth-order valence-electron chi connectivity index (χ4n) is 1.71. The Balaban J connectivity index is 2.09. The van der Waals surface area contributed by atoms with Crippen LogP contribution in [0.3, 0.4) is 0 Å². The highest BCUT2D eigenvalue weighted by Gasteiger charge is 2.12. The van der Waals surface area contributed by atoms with Gasteiger partial charge in [-0.25, -0.2) is 0 Å². The van der Waals surface area contributed by atoms with Crippen LogP contribution >= 0.6 is 0 Å². The van der Waals surface area contributed by atoms with Crippen LogP contribution in [0.15, 0.2) is 42.7 Å². The number of nitrogens with zero attached hydrogens (tertiary/aromatic N) is 2. The maximum atomic E-state index is 12.1. The normalized spacial score (nSPS) is 10.2. The van der Waals surface area contributed by atoms with E-state index in [1.54, 1.807) is 31.3 Å². The lowest BCUT2D eigenvalue weighted by Gasteiger charge is -2.17. The standard InChI is InChI=1S/C14H14N2O3/c1-16(9-10-2-4-12(17)5-3-10)14(19)11-6-13(18)8-15-7-11/h2-8,17-18H,9H2,1H3. The van der Waals surface area contributed by atoms with Gasteiger partial charge in [-0.3, -0.25) is 9.78 Å². The minimum Gasteiger partial charge on any atom is -0.508 e. The number of hydrogen-bond acceptors (Lipinski definition) is 4. The first-order valence-electron chi connectivity index (χ1n) is 5.73. The molecular weight excluding hydrogens is 244 g/mol. The van der Waals surface area contributed by atoms with Gasteiger partial charge in [-0.15, -0.1) is 0 Å². The van der Waals surface area contributed by atoms with Gasteiger partial charge in [0, 0.05) is 19.8 Å². The van der Waals surface area contributed by atoms with E-state index in [-0.39, 0.29) is 17.4 Å². The van der Waals surface area contributed by atoms with E-state index in [4.69, 9.17) is 0 Å². The molecule has 0 saturated carbocycles. The fraction of sp³-hybridized carbons (Fsp3) is 0.143. The zero-order valence-corrected chi connectivity index (χ0v) is 10.4. The number of carbonyl (C=O) groups is 1. The first-order valence-corrected chi connectivity index (χ1v) is 5.73. The Morgan fingerprint density at radius 2 is 1.84 bits per heavy atom. The third kappa shape index (κ3) is 3.22. The highest BCUT2D eigenvalue weighted by Crippen LogP contribution is 2.14. The zero-order valence-electron chi connectivity index (χ0n) is 10.4. The molecule has 0 atom stereocenters. The smallest absolute Gasteiger partial charge is 0.255 e. The SMILES string of the molecule is CN(Cc1ccc(O)cc1)C(=O)c1cncc(O)c1. The quantitative estimate of drug-likeness (QED) is 0.879. The number of pyridine rings is 1. The molecule has 0 aliphatic carbocycles. The minimum absolute atomic E-state index is 0.0381. The van der Waals surface area contributed by atoms with Gasteiger partial charge in [-0.1, -0.05) is 12.1 Å². The van der Waals surface area contributed by atoms with Gasteiger partial charge in [0.2, 0.25) is 0 Å². The zero-order chi connectivity index (χ0) is 13.8. The van der Waals surface area contributed by atoms with E-state index >= 15 is 0 Å². The molecule has 0 bridgehead atoms. The molecule has 98 valence electrons. The van der Waals surface area contributed by atoms with Crippen molar-refractivity contribution in [2.75, 3.05) is 7.05 Å². The number of amides is 1. The van der Waals surface area contributed by atoms with Crippen LogP contribution in [-0.4, -0.2) is 33.1 Å². The number of hydrogen-bond donors (Lipinski definition) is 2. The molecule has 2 aromatic rings. The van der Waals surface area contributed by atoms with Crippen LogP contribution < -0.4 is 0 Å². The monoisotopic (exact) mass is 258 g/mol. The van der Waals surface area contributed by atoms with Crippen LogP contribution in [0.2, 0.25) is 0 Å². The van der Waals surface area contributed by atoms with Crippen LogP contribution in [0.25, 0.3) is 0 Å². The highest BCUT2D eigenvalue weighted by atomic mass is 16.3. The lowest BCUT2D eigenvalue weighted by atomic mass is 10.2. The van der Waals surface area contributed by atoms with Crippen LogP contribution in [0.4, 0.5) is 0 Å². The lowest BCUT2D eigenvalue weighted by molar-refractivity contribution is 0.0784. The summed E-state index contributed by atoms with van der Waals surface area (Å²) >= 11 is 0. The number of benzene rings is 1. The first kappa shape index (κ1) is 12.9. The van der Waals surface area contributed by atoms with Gasteiger partial charge >= 0.3 is 0 Å². The second kappa shape index (κ2) is 5.39. The molecule has 0 spiro atoms. The molecule has 19 heavy (non-hydrogen) atoms. The second-order valence-corrected chi connectivity index (χ2v) is 4.26. The van der Waals surface area contributed by atoms with E-state index in [1.807, 2.05) is 0 Å². The maximum absolute atomic E-state index is 12.1. The number of carbonyl (C=O) groups excluding carboxylic acids is 1. The summed E-state index contributed by atoms with van der Waals surface area (Å²) in [4.78, 5) is 17.4. The number of phenols is 1. The van der Waals surface area contributed by atoms with Crippen molar-refractivity contribution in [1.82, 2.24) is 9.88 Å². The number of aromatic nitrogens is 1. The molecule has 5 nitrogen and oxygen atoms in total. The maximum Gasteiger partial charge on any atom is 0.255 e. The van der Waals surface area contributed by atoms with Crippen molar-refractivity contribution in [2.45, 2.75) is 6.54 Å². The molecule has 1 amide bonds. The summed E-state index contributed by atoms with van der Waals surface area (Å²) < 4.78 is 0. The molecule has 2 N–H and O–H groups in total. The molecule has 0 radical (unpaired) electrons. The Hall–Kier alpha value is -2.56. The second-order valence-electron chi connectivity index (χ2n) is 4.26. The van der Waals surface area contributed by atoms with Gasteiger partial charge in [0.15, 0.2) is 0 Å². The molecule has 1 aromatic heterocycles. The average Bonchev–Trinajstić information content (AvgIpc) is 2.40. The Bertz CT molecular complexity index is 581. The van der Waals surface area contributed by atoms with Crippen molar-refractivity contribution in [3.8, 4) is 11.5 Å². The predicted molar refractivity (Wildman–Crippen MR) is 69.8 cm³/mol. The van der Waals surface area contributed by atoms with Crippen LogP contribution in [0.1, 0.15) is 15.9 Å². The Kier molecular flexibility index (Phi) is 3.66. The topological polar surface area (TPSA) is 73.7 Å². The molecule has 0 aliphatic rings. The van der Waals surface area contributed by atoms with Crippen molar-refractivity contribution in [1.29, 1.82) is 0 Å². The number of phenolic OH excluding ortho intramolecular Hbond substituents is 1. The number of aromatic hydroxyl groups is 2. The fourth-order valence-corrected chi connectivity index (χ4v) is 1.71. The summed E-state index contributed by atoms with van der Waals surface area (Å²) in [6, 6.07) is 8.02. The van der Waals surface area contributed by atoms with Crippen molar-refractivity contribution in [2.24, 2.45) is 0 Å². The minimum atomic E-state index is -0.225. The molecule has 2 rings (SSSR count). The lowest BCUT2D eigenvalue weighted by Crippen LogP contribution is -2.26. The third-order valence-corrected chi connectivity index (χ3v) is 2.67. The predicted octanol–water partition coefficient (Wildman–Crippen LogP) is 1.76. The van der Waals surface area contributed by atoms with E-state index in [0.29, 0.717) is 12.1 Å². The highest BCUT2D eigenvalue weighted by molar-refractivity contribution is 5.94. The van der Waals surface area contributed by atoms with E-state index in [9.17, 15) is 15.0 Å². The Morgan fingerprint density at radius 3 is 2.47 bits per heavy atom. The summed E-state index contributed by atoms with van der Waals surface area (Å²) in [5.74, 6) is -0.0738. The van der Waals surface area contributed by atoms with Gasteiger partial charge in [-0.05, 0) is 23.8 Å². The molecule has 1 heterocycles. The van der Waals surface area contributed by atoms with Crippen molar-refractivity contribution < 1.29 is 15.0 Å². The van der Waals surface area contributed by atoms with E-state index in [2.05, 4.69) is 4.98 Å². The van der Waals surface area contributed by atoms with Crippen molar-refractivity contribution >= 4 is 5.91 Å². The van der Waals surface area contributed by atoms with E-state index in [0.717, 1.165) is 5.56 Å². The molecule has 5 heteroatoms. The Morgan fingerprint density at radius 1 is 1.16 bits per heavy atom. The summed E-state index contributed by atoms with van der Waals surface area (Å²) in [5, 5.41) is 18.5. The van der Waals surface area contributed by atoms with Crippen molar-refractivity contribution in [3.63, 3.8) is 0 Å². The molecule has 0 aliphatic heterocycles. The summed E-state index contributed by atoms with van der Waals surface area (Å²) in [6.45, 7) is 0.411.